The number of fused-ring (bicyclic) bond motifs is 1. The Morgan fingerprint density at radius 2 is 1.94 bits per heavy atom. The van der Waals surface area contributed by atoms with Gasteiger partial charge in [-0.05, 0) is 56.2 Å². The maximum Gasteiger partial charge on any atom is 0.416 e. The standard InChI is InChI=1S/C24H24F3N7O/c1-13(2)32-22-19(21(29)30-12-31-22)20(28)15-6-7-18-14(10-15)8-9-34(18)23(35)33-17-5-3-4-16(11-17)24(25,26)27/h3-7,10-13,28H,8-9H2,1-2H3,(H,33,35)(H3,29,30,31,32). The normalized spacial score (nSPS) is 13.0. The van der Waals surface area contributed by atoms with E-state index in [-0.39, 0.29) is 23.3 Å². The molecule has 0 bridgehead atoms. The van der Waals surface area contributed by atoms with Crippen molar-refractivity contribution >= 4 is 34.8 Å². The molecule has 1 aliphatic heterocycles. The highest BCUT2D eigenvalue weighted by molar-refractivity contribution is 6.16. The number of urea groups is 1. The number of carbonyl (C=O) groups excluding carboxylic acids is 1. The second kappa shape index (κ2) is 9.24. The summed E-state index contributed by atoms with van der Waals surface area (Å²) in [6, 6.07) is 9.25. The summed E-state index contributed by atoms with van der Waals surface area (Å²) >= 11 is 0. The predicted molar refractivity (Wildman–Crippen MR) is 129 cm³/mol. The lowest BCUT2D eigenvalue weighted by molar-refractivity contribution is -0.137. The summed E-state index contributed by atoms with van der Waals surface area (Å²) in [6.07, 6.45) is -2.63. The molecule has 0 aliphatic carbocycles. The monoisotopic (exact) mass is 483 g/mol. The molecule has 0 atom stereocenters. The molecule has 0 radical (unpaired) electrons. The number of halogens is 3. The summed E-state index contributed by atoms with van der Waals surface area (Å²) in [5.74, 6) is 0.635. The summed E-state index contributed by atoms with van der Waals surface area (Å²) < 4.78 is 38.9. The van der Waals surface area contributed by atoms with Crippen molar-refractivity contribution in [3.8, 4) is 0 Å². The van der Waals surface area contributed by atoms with Crippen LogP contribution in [0.5, 0.6) is 0 Å². The highest BCUT2D eigenvalue weighted by atomic mass is 19.4. The first-order valence-electron chi connectivity index (χ1n) is 10.9. The summed E-state index contributed by atoms with van der Waals surface area (Å²) in [5.41, 5.74) is 7.85. The minimum absolute atomic E-state index is 0.0569. The maximum atomic E-state index is 13.0. The zero-order chi connectivity index (χ0) is 25.3. The molecule has 0 saturated carbocycles. The van der Waals surface area contributed by atoms with Gasteiger partial charge in [-0.15, -0.1) is 0 Å². The van der Waals surface area contributed by atoms with Crippen LogP contribution in [-0.4, -0.2) is 34.3 Å². The number of nitrogens with one attached hydrogen (secondary N) is 3. The van der Waals surface area contributed by atoms with Crippen LogP contribution in [0.15, 0.2) is 48.8 Å². The van der Waals surface area contributed by atoms with E-state index in [4.69, 9.17) is 11.1 Å². The average molecular weight is 483 g/mol. The minimum Gasteiger partial charge on any atom is -0.383 e. The molecule has 0 spiro atoms. The number of anilines is 4. The molecule has 4 rings (SSSR count). The zero-order valence-corrected chi connectivity index (χ0v) is 19.1. The Morgan fingerprint density at radius 3 is 2.66 bits per heavy atom. The van der Waals surface area contributed by atoms with Crippen molar-refractivity contribution in [2.24, 2.45) is 0 Å². The number of benzene rings is 2. The molecular formula is C24H24F3N7O. The van der Waals surface area contributed by atoms with Gasteiger partial charge in [0.05, 0.1) is 16.8 Å². The average Bonchev–Trinajstić information content (AvgIpc) is 3.21. The second-order valence-corrected chi connectivity index (χ2v) is 8.41. The Morgan fingerprint density at radius 1 is 1.17 bits per heavy atom. The predicted octanol–water partition coefficient (Wildman–Crippen LogP) is 4.91. The quantitative estimate of drug-likeness (QED) is 0.385. The van der Waals surface area contributed by atoms with Gasteiger partial charge in [0.25, 0.3) is 0 Å². The highest BCUT2D eigenvalue weighted by Gasteiger charge is 2.31. The fourth-order valence-electron chi connectivity index (χ4n) is 3.91. The van der Waals surface area contributed by atoms with E-state index in [0.29, 0.717) is 35.6 Å². The molecule has 2 heterocycles. The zero-order valence-electron chi connectivity index (χ0n) is 19.1. The van der Waals surface area contributed by atoms with Crippen LogP contribution in [0.1, 0.15) is 36.1 Å². The molecule has 8 nitrogen and oxygen atoms in total. The van der Waals surface area contributed by atoms with Crippen LogP contribution in [0, 0.1) is 5.41 Å². The summed E-state index contributed by atoms with van der Waals surface area (Å²) in [5, 5.41) is 14.4. The first-order chi connectivity index (χ1) is 16.5. The van der Waals surface area contributed by atoms with E-state index in [2.05, 4.69) is 20.6 Å². The third kappa shape index (κ3) is 5.03. The number of amides is 2. The van der Waals surface area contributed by atoms with Gasteiger partial charge in [0, 0.05) is 29.5 Å². The van der Waals surface area contributed by atoms with Gasteiger partial charge in [-0.2, -0.15) is 13.2 Å². The highest BCUT2D eigenvalue weighted by Crippen LogP contribution is 2.33. The van der Waals surface area contributed by atoms with E-state index in [0.717, 1.165) is 17.7 Å². The number of alkyl halides is 3. The Labute approximate surface area is 199 Å². The molecule has 1 aromatic heterocycles. The molecule has 11 heteroatoms. The van der Waals surface area contributed by atoms with Crippen LogP contribution >= 0.6 is 0 Å². The van der Waals surface area contributed by atoms with E-state index in [9.17, 15) is 18.0 Å². The number of rotatable bonds is 5. The van der Waals surface area contributed by atoms with Gasteiger partial charge in [0.1, 0.15) is 18.0 Å². The Hall–Kier alpha value is -4.15. The summed E-state index contributed by atoms with van der Waals surface area (Å²) in [6.45, 7) is 4.24. The topological polar surface area (TPSA) is 120 Å². The third-order valence-electron chi connectivity index (χ3n) is 5.50. The van der Waals surface area contributed by atoms with Gasteiger partial charge in [0.2, 0.25) is 0 Å². The smallest absolute Gasteiger partial charge is 0.383 e. The molecule has 2 aromatic carbocycles. The van der Waals surface area contributed by atoms with Crippen molar-refractivity contribution in [1.82, 2.24) is 9.97 Å². The van der Waals surface area contributed by atoms with Gasteiger partial charge in [-0.25, -0.2) is 14.8 Å². The van der Waals surface area contributed by atoms with Crippen molar-refractivity contribution < 1.29 is 18.0 Å². The molecule has 2 amide bonds. The number of hydrogen-bond acceptors (Lipinski definition) is 6. The van der Waals surface area contributed by atoms with Gasteiger partial charge in [0.15, 0.2) is 0 Å². The lowest BCUT2D eigenvalue weighted by atomic mass is 9.99. The van der Waals surface area contributed by atoms with E-state index < -0.39 is 17.8 Å². The number of carbonyl (C=O) groups is 1. The Kier molecular flexibility index (Phi) is 6.33. The van der Waals surface area contributed by atoms with Crippen molar-refractivity contribution in [2.75, 3.05) is 27.8 Å². The maximum absolute atomic E-state index is 13.0. The fourth-order valence-corrected chi connectivity index (χ4v) is 3.91. The SMILES string of the molecule is CC(C)Nc1ncnc(N)c1C(=N)c1ccc2c(c1)CCN2C(=O)Nc1cccc(C(F)(F)F)c1. The van der Waals surface area contributed by atoms with Crippen LogP contribution in [0.3, 0.4) is 0 Å². The molecule has 0 unspecified atom stereocenters. The van der Waals surface area contributed by atoms with E-state index in [1.165, 1.54) is 23.4 Å². The van der Waals surface area contributed by atoms with Gasteiger partial charge >= 0.3 is 12.2 Å². The van der Waals surface area contributed by atoms with Crippen LogP contribution in [0.4, 0.5) is 41.0 Å². The number of nitrogen functional groups attached to an aromatic ring is 1. The number of aromatic nitrogens is 2. The summed E-state index contributed by atoms with van der Waals surface area (Å²) in [4.78, 5) is 22.5. The lowest BCUT2D eigenvalue weighted by Crippen LogP contribution is -2.33. The van der Waals surface area contributed by atoms with E-state index >= 15 is 0 Å². The Balaban J connectivity index is 1.56. The molecule has 0 saturated heterocycles. The van der Waals surface area contributed by atoms with Gasteiger partial charge in [-0.3, -0.25) is 10.3 Å². The van der Waals surface area contributed by atoms with Crippen molar-refractivity contribution in [3.63, 3.8) is 0 Å². The molecular weight excluding hydrogens is 459 g/mol. The molecule has 3 aromatic rings. The van der Waals surface area contributed by atoms with E-state index in [1.54, 1.807) is 18.2 Å². The number of nitrogens with zero attached hydrogens (tertiary/aromatic N) is 3. The second-order valence-electron chi connectivity index (χ2n) is 8.41. The van der Waals surface area contributed by atoms with Gasteiger partial charge in [-0.1, -0.05) is 12.1 Å². The van der Waals surface area contributed by atoms with Gasteiger partial charge < -0.3 is 16.4 Å². The largest absolute Gasteiger partial charge is 0.416 e. The molecule has 35 heavy (non-hydrogen) atoms. The first-order valence-corrected chi connectivity index (χ1v) is 10.9. The lowest BCUT2D eigenvalue weighted by Gasteiger charge is -2.19. The van der Waals surface area contributed by atoms with Crippen LogP contribution in [0.25, 0.3) is 0 Å². The molecule has 0 fully saturated rings. The Bertz CT molecular complexity index is 1290. The fraction of sp³-hybridized carbons (Fsp3) is 0.250. The third-order valence-corrected chi connectivity index (χ3v) is 5.50. The van der Waals surface area contributed by atoms with Crippen LogP contribution < -0.4 is 21.3 Å². The first kappa shape index (κ1) is 24.0. The van der Waals surface area contributed by atoms with Crippen LogP contribution in [0.2, 0.25) is 0 Å². The molecule has 5 N–H and O–H groups in total. The van der Waals surface area contributed by atoms with E-state index in [1.807, 2.05) is 13.8 Å². The van der Waals surface area contributed by atoms with Crippen LogP contribution in [-0.2, 0) is 12.6 Å². The minimum atomic E-state index is -4.50. The van der Waals surface area contributed by atoms with Crippen molar-refractivity contribution in [1.29, 1.82) is 5.41 Å². The van der Waals surface area contributed by atoms with Crippen molar-refractivity contribution in [3.05, 3.63) is 71.0 Å². The number of hydrogen-bond donors (Lipinski definition) is 4. The molecule has 182 valence electrons. The number of nitrogens with two attached hydrogens (primary N) is 1. The van der Waals surface area contributed by atoms with Crippen molar-refractivity contribution in [2.45, 2.75) is 32.5 Å². The molecule has 1 aliphatic rings. The summed E-state index contributed by atoms with van der Waals surface area (Å²) in [7, 11) is 0.